The second-order valence-electron chi connectivity index (χ2n) is 7.56. The number of carbonyl (C=O) groups excluding carboxylic acids is 1. The van der Waals surface area contributed by atoms with Crippen molar-refractivity contribution in [1.29, 1.82) is 0 Å². The van der Waals surface area contributed by atoms with Crippen molar-refractivity contribution < 1.29 is 14.3 Å². The van der Waals surface area contributed by atoms with Gasteiger partial charge in [0.1, 0.15) is 5.60 Å². The molecule has 1 amide bonds. The molecule has 0 radical (unpaired) electrons. The predicted octanol–water partition coefficient (Wildman–Crippen LogP) is 2.38. The topological polar surface area (TPSA) is 62.8 Å². The lowest BCUT2D eigenvalue weighted by atomic mass is 10.1. The Kier molecular flexibility index (Phi) is 9.63. The maximum Gasteiger partial charge on any atom is 0.407 e. The van der Waals surface area contributed by atoms with Crippen molar-refractivity contribution in [3.8, 4) is 0 Å². The molecule has 1 aliphatic heterocycles. The van der Waals surface area contributed by atoms with Crippen molar-refractivity contribution in [2.75, 3.05) is 39.9 Å². The molecule has 6 nitrogen and oxygen atoms in total. The highest BCUT2D eigenvalue weighted by Crippen LogP contribution is 2.16. The lowest BCUT2D eigenvalue weighted by Crippen LogP contribution is -2.43. The van der Waals surface area contributed by atoms with Gasteiger partial charge in [0.05, 0.1) is 6.61 Å². The van der Waals surface area contributed by atoms with E-state index in [4.69, 9.17) is 9.47 Å². The minimum atomic E-state index is -0.448. The Bertz CT molecular complexity index is 358. The minimum Gasteiger partial charge on any atom is -0.444 e. The van der Waals surface area contributed by atoms with Gasteiger partial charge in [0, 0.05) is 32.3 Å². The van der Waals surface area contributed by atoms with Gasteiger partial charge < -0.3 is 20.1 Å². The number of likely N-dealkylation sites (tertiary alicyclic amines) is 1. The number of likely N-dealkylation sites (N-methyl/N-ethyl adjacent to an activating group) is 1. The Balaban J connectivity index is 2.22. The van der Waals surface area contributed by atoms with Crippen molar-refractivity contribution in [1.82, 2.24) is 15.5 Å². The second-order valence-corrected chi connectivity index (χ2v) is 7.56. The van der Waals surface area contributed by atoms with Crippen molar-refractivity contribution in [2.24, 2.45) is 0 Å². The molecule has 0 bridgehead atoms. The van der Waals surface area contributed by atoms with Gasteiger partial charge >= 0.3 is 6.09 Å². The molecule has 2 N–H and O–H groups in total. The predicted molar refractivity (Wildman–Crippen MR) is 97.4 cm³/mol. The summed E-state index contributed by atoms with van der Waals surface area (Å²) in [6.07, 6.45) is 4.11. The summed E-state index contributed by atoms with van der Waals surface area (Å²) in [5, 5.41) is 6.45. The van der Waals surface area contributed by atoms with Crippen LogP contribution in [0.4, 0.5) is 4.79 Å². The maximum atomic E-state index is 11.6. The summed E-state index contributed by atoms with van der Waals surface area (Å²) in [5.74, 6) is 0. The van der Waals surface area contributed by atoms with Crippen LogP contribution in [0.25, 0.3) is 0 Å². The number of rotatable bonds is 10. The SMILES string of the molecule is CCN1CCCC1CNC(CCCNC(=O)OC(C)(C)C)COC. The molecule has 24 heavy (non-hydrogen) atoms. The third-order valence-electron chi connectivity index (χ3n) is 4.31. The van der Waals surface area contributed by atoms with Gasteiger partial charge in [-0.05, 0) is 59.5 Å². The van der Waals surface area contributed by atoms with E-state index in [1.165, 1.54) is 19.4 Å². The van der Waals surface area contributed by atoms with Gasteiger partial charge in [-0.15, -0.1) is 0 Å². The van der Waals surface area contributed by atoms with Crippen LogP contribution in [0, 0.1) is 0 Å². The van der Waals surface area contributed by atoms with E-state index in [0.717, 1.165) is 25.9 Å². The molecular weight excluding hydrogens is 306 g/mol. The number of methoxy groups -OCH3 is 1. The molecule has 1 rings (SSSR count). The van der Waals surface area contributed by atoms with Gasteiger partial charge in [0.25, 0.3) is 0 Å². The zero-order chi connectivity index (χ0) is 18.0. The molecule has 0 spiro atoms. The summed E-state index contributed by atoms with van der Waals surface area (Å²) in [6.45, 7) is 12.5. The van der Waals surface area contributed by atoms with Gasteiger partial charge in [-0.25, -0.2) is 4.79 Å². The molecule has 0 aromatic rings. The lowest BCUT2D eigenvalue weighted by Gasteiger charge is -2.26. The van der Waals surface area contributed by atoms with Crippen LogP contribution in [0.2, 0.25) is 0 Å². The molecule has 6 heteroatoms. The normalized spacial score (nSPS) is 20.1. The van der Waals surface area contributed by atoms with E-state index in [1.54, 1.807) is 7.11 Å². The molecule has 2 unspecified atom stereocenters. The highest BCUT2D eigenvalue weighted by Gasteiger charge is 2.23. The summed E-state index contributed by atoms with van der Waals surface area (Å²) in [5.41, 5.74) is -0.448. The van der Waals surface area contributed by atoms with Crippen LogP contribution in [0.3, 0.4) is 0 Å². The number of nitrogens with one attached hydrogen (secondary N) is 2. The molecule has 0 saturated carbocycles. The summed E-state index contributed by atoms with van der Waals surface area (Å²) in [4.78, 5) is 14.2. The van der Waals surface area contributed by atoms with E-state index < -0.39 is 5.60 Å². The van der Waals surface area contributed by atoms with Crippen molar-refractivity contribution in [2.45, 2.75) is 71.1 Å². The number of nitrogens with zero attached hydrogens (tertiary/aromatic N) is 1. The molecule has 0 aromatic heterocycles. The van der Waals surface area contributed by atoms with Crippen molar-refractivity contribution in [3.63, 3.8) is 0 Å². The minimum absolute atomic E-state index is 0.328. The first kappa shape index (κ1) is 21.2. The van der Waals surface area contributed by atoms with Crippen LogP contribution in [-0.2, 0) is 9.47 Å². The third kappa shape index (κ3) is 8.85. The Hall–Kier alpha value is -0.850. The number of hydrogen-bond acceptors (Lipinski definition) is 5. The van der Waals surface area contributed by atoms with Crippen LogP contribution >= 0.6 is 0 Å². The van der Waals surface area contributed by atoms with Gasteiger partial charge in [-0.2, -0.15) is 0 Å². The molecule has 2 atom stereocenters. The van der Waals surface area contributed by atoms with E-state index in [1.807, 2.05) is 20.8 Å². The average molecular weight is 344 g/mol. The van der Waals surface area contributed by atoms with Crippen LogP contribution < -0.4 is 10.6 Å². The smallest absolute Gasteiger partial charge is 0.407 e. The Labute approximate surface area is 147 Å². The quantitative estimate of drug-likeness (QED) is 0.596. The monoisotopic (exact) mass is 343 g/mol. The number of ether oxygens (including phenoxy) is 2. The Morgan fingerprint density at radius 2 is 2.12 bits per heavy atom. The summed E-state index contributed by atoms with van der Waals surface area (Å²) < 4.78 is 10.6. The van der Waals surface area contributed by atoms with E-state index >= 15 is 0 Å². The molecule has 1 fully saturated rings. The van der Waals surface area contributed by atoms with Crippen LogP contribution in [0.5, 0.6) is 0 Å². The number of amides is 1. The van der Waals surface area contributed by atoms with Crippen LogP contribution in [-0.4, -0.2) is 68.6 Å². The second kappa shape index (κ2) is 10.9. The Morgan fingerprint density at radius 3 is 2.75 bits per heavy atom. The van der Waals surface area contributed by atoms with Crippen LogP contribution in [0.1, 0.15) is 53.4 Å². The van der Waals surface area contributed by atoms with Gasteiger partial charge in [-0.3, -0.25) is 4.90 Å². The van der Waals surface area contributed by atoms with Gasteiger partial charge in [0.15, 0.2) is 0 Å². The van der Waals surface area contributed by atoms with E-state index in [2.05, 4.69) is 22.5 Å². The summed E-state index contributed by atoms with van der Waals surface area (Å²) >= 11 is 0. The van der Waals surface area contributed by atoms with Gasteiger partial charge in [0.2, 0.25) is 0 Å². The van der Waals surface area contributed by atoms with Crippen molar-refractivity contribution in [3.05, 3.63) is 0 Å². The molecular formula is C18H37N3O3. The molecule has 1 saturated heterocycles. The first-order valence-electron chi connectivity index (χ1n) is 9.29. The molecule has 142 valence electrons. The Morgan fingerprint density at radius 1 is 1.38 bits per heavy atom. The van der Waals surface area contributed by atoms with E-state index in [-0.39, 0.29) is 6.09 Å². The highest BCUT2D eigenvalue weighted by atomic mass is 16.6. The van der Waals surface area contributed by atoms with Gasteiger partial charge in [-0.1, -0.05) is 6.92 Å². The standard InChI is InChI=1S/C18H37N3O3/c1-6-21-12-8-10-16(21)13-20-15(14-23-5)9-7-11-19-17(22)24-18(2,3)4/h15-16,20H,6-14H2,1-5H3,(H,19,22). The fourth-order valence-electron chi connectivity index (χ4n) is 3.14. The summed E-state index contributed by atoms with van der Waals surface area (Å²) in [6, 6.07) is 0.976. The van der Waals surface area contributed by atoms with Crippen molar-refractivity contribution >= 4 is 6.09 Å². The number of hydrogen-bond donors (Lipinski definition) is 2. The lowest BCUT2D eigenvalue weighted by molar-refractivity contribution is 0.0526. The number of carbonyl (C=O) groups is 1. The zero-order valence-electron chi connectivity index (χ0n) is 16.2. The zero-order valence-corrected chi connectivity index (χ0v) is 16.2. The molecule has 0 aliphatic carbocycles. The first-order valence-corrected chi connectivity index (χ1v) is 9.29. The average Bonchev–Trinajstić information content (AvgIpc) is 2.94. The fraction of sp³-hybridized carbons (Fsp3) is 0.944. The summed E-state index contributed by atoms with van der Waals surface area (Å²) in [7, 11) is 1.74. The molecule has 0 aromatic carbocycles. The van der Waals surface area contributed by atoms with Crippen LogP contribution in [0.15, 0.2) is 0 Å². The number of alkyl carbamates (subject to hydrolysis) is 1. The highest BCUT2D eigenvalue weighted by molar-refractivity contribution is 5.67. The molecule has 1 heterocycles. The molecule has 1 aliphatic rings. The largest absolute Gasteiger partial charge is 0.444 e. The first-order chi connectivity index (χ1) is 11.4. The van der Waals surface area contributed by atoms with E-state index in [9.17, 15) is 4.79 Å². The third-order valence-corrected chi connectivity index (χ3v) is 4.31. The maximum absolute atomic E-state index is 11.6. The fourth-order valence-corrected chi connectivity index (χ4v) is 3.14. The van der Waals surface area contributed by atoms with E-state index in [0.29, 0.717) is 25.2 Å².